The van der Waals surface area contributed by atoms with Gasteiger partial charge in [0.1, 0.15) is 5.82 Å². The minimum Gasteiger partial charge on any atom is -0.349 e. The summed E-state index contributed by atoms with van der Waals surface area (Å²) >= 11 is 0. The van der Waals surface area contributed by atoms with Crippen LogP contribution in [0.2, 0.25) is 0 Å². The van der Waals surface area contributed by atoms with Crippen molar-refractivity contribution in [2.45, 2.75) is 64.6 Å². The molecular weight excluding hydrogens is 502 g/mol. The summed E-state index contributed by atoms with van der Waals surface area (Å²) < 4.78 is 31.6. The number of carbonyl (C=O) groups excluding carboxylic acids is 1. The van der Waals surface area contributed by atoms with E-state index in [0.29, 0.717) is 11.6 Å². The van der Waals surface area contributed by atoms with Gasteiger partial charge in [-0.05, 0) is 58.2 Å². The van der Waals surface area contributed by atoms with Crippen LogP contribution in [0.4, 0.5) is 14.6 Å². The van der Waals surface area contributed by atoms with Gasteiger partial charge in [0.05, 0.1) is 6.61 Å². The lowest BCUT2D eigenvalue weighted by Crippen LogP contribution is -2.47. The molecular formula is C29H40F2N6O2. The molecule has 212 valence electrons. The van der Waals surface area contributed by atoms with Crippen molar-refractivity contribution in [1.29, 1.82) is 0 Å². The number of aromatic nitrogens is 1. The molecule has 1 aliphatic heterocycles. The number of nitrogens with zero attached hydrogens (tertiary/aromatic N) is 5. The topological polar surface area (TPSA) is 74.5 Å². The standard InChI is InChI=1S/C29H40F2N6O2/c1-20(19-39-28(30)31)33-29(32-3)34-26-21(2)25(18-37(26)24-8-6-5-7-9-24)22-10-12-23(13-11-22)27(38)36-16-14-35(4)15-17-36/h10-13,18,20,24,28H,3,5-9,14-17,19H2,1-2,4H3,(H,33,34)/t20-/m0/s1. The maximum atomic E-state index is 13.0. The molecule has 2 heterocycles. The van der Waals surface area contributed by atoms with Crippen molar-refractivity contribution in [3.8, 4) is 11.1 Å². The maximum Gasteiger partial charge on any atom is 0.345 e. The van der Waals surface area contributed by atoms with Gasteiger partial charge in [0.25, 0.3) is 5.91 Å². The number of hydrogen-bond acceptors (Lipinski definition) is 4. The lowest BCUT2D eigenvalue weighted by Gasteiger charge is -2.32. The van der Waals surface area contributed by atoms with E-state index in [1.165, 1.54) is 6.42 Å². The summed E-state index contributed by atoms with van der Waals surface area (Å²) in [6, 6.07) is 7.69. The van der Waals surface area contributed by atoms with Gasteiger partial charge < -0.3 is 24.4 Å². The SMILES string of the molecule is C=N/C(=N\c1c(C)c(-c2ccc(C(=O)N3CCN(C)CC3)cc2)cn1C1CCCCC1)N[C@@H](C)COC(F)F. The predicted octanol–water partition coefficient (Wildman–Crippen LogP) is 5.26. The Labute approximate surface area is 229 Å². The number of guanidine groups is 1. The highest BCUT2D eigenvalue weighted by atomic mass is 19.3. The molecule has 1 aromatic carbocycles. The average molecular weight is 543 g/mol. The zero-order valence-corrected chi connectivity index (χ0v) is 23.2. The minimum atomic E-state index is -2.83. The Morgan fingerprint density at radius 2 is 1.79 bits per heavy atom. The van der Waals surface area contributed by atoms with Crippen molar-refractivity contribution >= 4 is 24.4 Å². The Morgan fingerprint density at radius 3 is 2.41 bits per heavy atom. The van der Waals surface area contributed by atoms with Gasteiger partial charge in [0.15, 0.2) is 0 Å². The highest BCUT2D eigenvalue weighted by Gasteiger charge is 2.24. The molecule has 0 bridgehead atoms. The molecule has 1 N–H and O–H groups in total. The second kappa shape index (κ2) is 13.3. The molecule has 4 rings (SSSR count). The Kier molecular flexibility index (Phi) is 9.85. The zero-order valence-electron chi connectivity index (χ0n) is 23.2. The number of alkyl halides is 2. The summed E-state index contributed by atoms with van der Waals surface area (Å²) in [6.45, 7) is 7.62. The van der Waals surface area contributed by atoms with Crippen molar-refractivity contribution < 1.29 is 18.3 Å². The van der Waals surface area contributed by atoms with Crippen molar-refractivity contribution in [1.82, 2.24) is 19.7 Å². The average Bonchev–Trinajstić information content (AvgIpc) is 3.27. The summed E-state index contributed by atoms with van der Waals surface area (Å²) in [5.41, 5.74) is 3.72. The molecule has 2 aromatic rings. The highest BCUT2D eigenvalue weighted by molar-refractivity contribution is 5.95. The van der Waals surface area contributed by atoms with E-state index in [9.17, 15) is 13.6 Å². The Hall–Kier alpha value is -3.11. The summed E-state index contributed by atoms with van der Waals surface area (Å²) in [6.07, 6.45) is 7.83. The second-order valence-electron chi connectivity index (χ2n) is 10.6. The number of halogens is 2. The van der Waals surface area contributed by atoms with E-state index in [1.807, 2.05) is 36.1 Å². The molecule has 10 heteroatoms. The molecule has 1 amide bonds. The minimum absolute atomic E-state index is 0.0640. The quantitative estimate of drug-likeness (QED) is 0.365. The van der Waals surface area contributed by atoms with E-state index in [-0.39, 0.29) is 18.5 Å². The summed E-state index contributed by atoms with van der Waals surface area (Å²) in [7, 11) is 2.07. The second-order valence-corrected chi connectivity index (χ2v) is 10.6. The van der Waals surface area contributed by atoms with Gasteiger partial charge in [-0.3, -0.25) is 4.79 Å². The van der Waals surface area contributed by atoms with Crippen LogP contribution in [0.15, 0.2) is 40.4 Å². The van der Waals surface area contributed by atoms with Gasteiger partial charge in [-0.15, -0.1) is 0 Å². The largest absolute Gasteiger partial charge is 0.349 e. The number of ether oxygens (including phenoxy) is 1. The van der Waals surface area contributed by atoms with E-state index >= 15 is 0 Å². The zero-order chi connectivity index (χ0) is 27.9. The first-order valence-electron chi connectivity index (χ1n) is 13.8. The number of carbonyl (C=O) groups is 1. The normalized spacial score (nSPS) is 18.4. The monoisotopic (exact) mass is 542 g/mol. The third-order valence-corrected chi connectivity index (χ3v) is 7.66. The number of aliphatic imine (C=N–C) groups is 2. The molecule has 2 aliphatic rings. The van der Waals surface area contributed by atoms with Crippen molar-refractivity contribution in [3.05, 3.63) is 41.6 Å². The van der Waals surface area contributed by atoms with Crippen LogP contribution in [-0.2, 0) is 4.74 Å². The highest BCUT2D eigenvalue weighted by Crippen LogP contribution is 2.39. The number of amides is 1. The fourth-order valence-corrected chi connectivity index (χ4v) is 5.36. The van der Waals surface area contributed by atoms with Crippen LogP contribution in [-0.4, -0.2) is 85.4 Å². The number of rotatable bonds is 8. The predicted molar refractivity (Wildman–Crippen MR) is 151 cm³/mol. The van der Waals surface area contributed by atoms with Gasteiger partial charge in [-0.25, -0.2) is 4.99 Å². The maximum absolute atomic E-state index is 13.0. The van der Waals surface area contributed by atoms with Crippen molar-refractivity contribution in [2.75, 3.05) is 39.8 Å². The van der Waals surface area contributed by atoms with Crippen LogP contribution >= 0.6 is 0 Å². The number of benzene rings is 1. The Balaban J connectivity index is 1.61. The molecule has 8 nitrogen and oxygen atoms in total. The first-order chi connectivity index (χ1) is 18.8. The van der Waals surface area contributed by atoms with Crippen molar-refractivity contribution in [3.63, 3.8) is 0 Å². The van der Waals surface area contributed by atoms with Crippen LogP contribution in [0.3, 0.4) is 0 Å². The fraction of sp³-hybridized carbons (Fsp3) is 0.552. The van der Waals surface area contributed by atoms with Gasteiger partial charge in [0.2, 0.25) is 5.96 Å². The van der Waals surface area contributed by atoms with Crippen LogP contribution in [0.1, 0.15) is 61.0 Å². The summed E-state index contributed by atoms with van der Waals surface area (Å²) in [5.74, 6) is 1.10. The van der Waals surface area contributed by atoms with Crippen LogP contribution in [0.5, 0.6) is 0 Å². The van der Waals surface area contributed by atoms with Crippen LogP contribution in [0.25, 0.3) is 11.1 Å². The van der Waals surface area contributed by atoms with Gasteiger partial charge in [-0.1, -0.05) is 31.4 Å². The first-order valence-corrected chi connectivity index (χ1v) is 13.8. The third-order valence-electron chi connectivity index (χ3n) is 7.66. The Morgan fingerprint density at radius 1 is 1.13 bits per heavy atom. The molecule has 1 atom stereocenters. The number of likely N-dealkylation sites (N-methyl/N-ethyl adjacent to an activating group) is 1. The molecule has 2 fully saturated rings. The lowest BCUT2D eigenvalue weighted by atomic mass is 9.95. The van der Waals surface area contributed by atoms with E-state index < -0.39 is 12.7 Å². The van der Waals surface area contributed by atoms with Gasteiger partial charge >= 0.3 is 6.61 Å². The van der Waals surface area contributed by atoms with Gasteiger partial charge in [0, 0.05) is 61.1 Å². The molecule has 1 aromatic heterocycles. The summed E-state index contributed by atoms with van der Waals surface area (Å²) in [4.78, 5) is 26.0. The van der Waals surface area contributed by atoms with E-state index in [1.54, 1.807) is 6.92 Å². The van der Waals surface area contributed by atoms with E-state index in [2.05, 4.69) is 44.5 Å². The number of piperazine rings is 1. The number of nitrogens with one attached hydrogen (secondary N) is 1. The molecule has 1 saturated heterocycles. The van der Waals surface area contributed by atoms with Gasteiger partial charge in [-0.2, -0.15) is 13.8 Å². The molecule has 39 heavy (non-hydrogen) atoms. The van der Waals surface area contributed by atoms with Crippen LogP contribution in [0, 0.1) is 6.92 Å². The molecule has 1 saturated carbocycles. The smallest absolute Gasteiger partial charge is 0.345 e. The first kappa shape index (κ1) is 28.9. The van der Waals surface area contributed by atoms with E-state index in [4.69, 9.17) is 4.99 Å². The number of hydrogen-bond donors (Lipinski definition) is 1. The summed E-state index contributed by atoms with van der Waals surface area (Å²) in [5, 5.41) is 3.03. The lowest BCUT2D eigenvalue weighted by molar-refractivity contribution is -0.132. The van der Waals surface area contributed by atoms with Crippen molar-refractivity contribution in [2.24, 2.45) is 9.98 Å². The molecule has 0 spiro atoms. The third kappa shape index (κ3) is 7.30. The molecule has 0 unspecified atom stereocenters. The van der Waals surface area contributed by atoms with Crippen LogP contribution < -0.4 is 5.32 Å². The molecule has 1 aliphatic carbocycles. The Bertz CT molecular complexity index is 1150. The fourth-order valence-electron chi connectivity index (χ4n) is 5.36. The molecule has 0 radical (unpaired) electrons. The van der Waals surface area contributed by atoms with E-state index in [0.717, 1.165) is 74.4 Å².